The fraction of sp³-hybridized carbons (Fsp3) is 0.361. The molecule has 14 nitrogen and oxygen atoms in total. The summed E-state index contributed by atoms with van der Waals surface area (Å²) in [5.41, 5.74) is -4.76. The second kappa shape index (κ2) is 14.5. The first kappa shape index (κ1) is 38.1. The molecule has 0 bridgehead atoms. The van der Waals surface area contributed by atoms with Gasteiger partial charge in [0.2, 0.25) is 6.10 Å². The van der Waals surface area contributed by atoms with Crippen LogP contribution in [0.15, 0.2) is 73.3 Å². The number of terminal acetylenes is 1. The quantitative estimate of drug-likeness (QED) is 0.0648. The van der Waals surface area contributed by atoms with E-state index in [9.17, 15) is 19.2 Å². The molecule has 0 radical (unpaired) electrons. The van der Waals surface area contributed by atoms with Crippen LogP contribution in [0.2, 0.25) is 0 Å². The number of carbonyl (C=O) groups excluding carboxylic acids is 4. The van der Waals surface area contributed by atoms with Crippen molar-refractivity contribution in [2.45, 2.75) is 76.5 Å². The molecule has 1 aliphatic rings. The fourth-order valence-corrected chi connectivity index (χ4v) is 5.76. The molecule has 1 fully saturated rings. The van der Waals surface area contributed by atoms with E-state index in [4.69, 9.17) is 30.1 Å². The van der Waals surface area contributed by atoms with E-state index in [1.165, 1.54) is 24.3 Å². The van der Waals surface area contributed by atoms with E-state index in [0.29, 0.717) is 4.90 Å². The number of rotatable bonds is 7. The Morgan fingerprint density at radius 3 is 1.94 bits per heavy atom. The molecular formula is C36H35FIN5O9. The Bertz CT molecular complexity index is 2000. The molecule has 1 aliphatic heterocycles. The first-order chi connectivity index (χ1) is 24.4. The van der Waals surface area contributed by atoms with Crippen LogP contribution in [0.25, 0.3) is 11.2 Å². The molecule has 272 valence electrons. The lowest BCUT2D eigenvalue weighted by atomic mass is 9.93. The van der Waals surface area contributed by atoms with Gasteiger partial charge in [-0.15, -0.1) is 6.42 Å². The lowest BCUT2D eigenvalue weighted by Crippen LogP contribution is -2.54. The number of ether oxygens (including phenoxy) is 5. The first-order valence-electron chi connectivity index (χ1n) is 15.8. The maximum absolute atomic E-state index is 17.1. The smallest absolute Gasteiger partial charge is 0.425 e. The molecule has 5 rings (SSSR count). The van der Waals surface area contributed by atoms with Crippen LogP contribution < -0.4 is 4.90 Å². The molecule has 4 aromatic rings. The number of imide groups is 1. The number of benzene rings is 2. The van der Waals surface area contributed by atoms with Gasteiger partial charge in [-0.3, -0.25) is 4.57 Å². The summed E-state index contributed by atoms with van der Waals surface area (Å²) >= 11 is 1.70. The predicted octanol–water partition coefficient (Wildman–Crippen LogP) is 6.59. The highest BCUT2D eigenvalue weighted by Gasteiger charge is 2.70. The molecule has 0 spiro atoms. The third-order valence-corrected chi connectivity index (χ3v) is 8.36. The molecule has 3 heterocycles. The van der Waals surface area contributed by atoms with Crippen LogP contribution in [0.1, 0.15) is 68.5 Å². The molecule has 0 unspecified atom stereocenters. The van der Waals surface area contributed by atoms with Gasteiger partial charge < -0.3 is 23.7 Å². The number of imidazole rings is 1. The van der Waals surface area contributed by atoms with Crippen molar-refractivity contribution in [3.63, 3.8) is 0 Å². The van der Waals surface area contributed by atoms with E-state index in [2.05, 4.69) is 20.9 Å². The number of amides is 2. The van der Waals surface area contributed by atoms with Crippen LogP contribution >= 0.6 is 22.6 Å². The largest absolute Gasteiger partial charge is 0.447 e. The molecule has 2 aromatic carbocycles. The van der Waals surface area contributed by atoms with Crippen molar-refractivity contribution in [2.75, 3.05) is 9.33 Å². The number of nitrogens with zero attached hydrogens (tertiary/aromatic N) is 5. The molecule has 0 saturated carbocycles. The van der Waals surface area contributed by atoms with E-state index >= 15 is 4.39 Å². The molecular weight excluding hydrogens is 792 g/mol. The van der Waals surface area contributed by atoms with Crippen LogP contribution in [0.3, 0.4) is 0 Å². The number of esters is 2. The van der Waals surface area contributed by atoms with Gasteiger partial charge in [0.15, 0.2) is 23.2 Å². The minimum Gasteiger partial charge on any atom is -0.447 e. The number of halogens is 2. The average Bonchev–Trinajstić information content (AvgIpc) is 3.61. The van der Waals surface area contributed by atoms with Crippen molar-refractivity contribution in [1.29, 1.82) is 0 Å². The van der Waals surface area contributed by atoms with Crippen LogP contribution in [0, 0.1) is 12.3 Å². The number of alkyl halides is 2. The van der Waals surface area contributed by atoms with Crippen molar-refractivity contribution in [2.24, 2.45) is 0 Å². The number of carbonyl (C=O) groups is 4. The standard InChI is InChI=1S/C36H35FIN5O9/c1-8-35(49-28(45)23-17-13-10-14-18-23)29(48-27(44)22-15-11-9-12-16-22)36(37,19-38)50-30(35)42-21-41-24-25(42)39-20-40-26(24)43(31(46)51-33(2,3)4)32(47)52-34(5,6)7/h1,9-18,20-21,29-30H,19H2,2-7H3/t29-,30+,35+,36+/m0/s1. The molecule has 4 atom stereocenters. The number of aromatic nitrogens is 4. The fourth-order valence-electron chi connectivity index (χ4n) is 5.18. The minimum absolute atomic E-state index is 0.0558. The Morgan fingerprint density at radius 2 is 1.44 bits per heavy atom. The maximum Gasteiger partial charge on any atom is 0.425 e. The average molecular weight is 828 g/mol. The Labute approximate surface area is 312 Å². The van der Waals surface area contributed by atoms with Crippen molar-refractivity contribution in [1.82, 2.24) is 19.5 Å². The van der Waals surface area contributed by atoms with Crippen LogP contribution in [-0.4, -0.2) is 76.8 Å². The van der Waals surface area contributed by atoms with Gasteiger partial charge in [0.25, 0.3) is 11.5 Å². The number of fused-ring (bicyclic) bond motifs is 1. The lowest BCUT2D eigenvalue weighted by molar-refractivity contribution is -0.168. The Hall–Kier alpha value is -5.15. The second-order valence-electron chi connectivity index (χ2n) is 13.6. The summed E-state index contributed by atoms with van der Waals surface area (Å²) in [6.45, 7) is 9.63. The zero-order valence-electron chi connectivity index (χ0n) is 29.0. The van der Waals surface area contributed by atoms with Crippen molar-refractivity contribution < 1.29 is 47.3 Å². The van der Waals surface area contributed by atoms with Crippen LogP contribution in [-0.2, 0) is 23.7 Å². The van der Waals surface area contributed by atoms with E-state index in [1.54, 1.807) is 101 Å². The summed E-state index contributed by atoms with van der Waals surface area (Å²) in [6, 6.07) is 15.5. The van der Waals surface area contributed by atoms with Gasteiger partial charge in [-0.05, 0) is 71.7 Å². The van der Waals surface area contributed by atoms with Gasteiger partial charge >= 0.3 is 24.1 Å². The Morgan fingerprint density at radius 1 is 0.904 bits per heavy atom. The monoisotopic (exact) mass is 827 g/mol. The summed E-state index contributed by atoms with van der Waals surface area (Å²) in [7, 11) is 0. The van der Waals surface area contributed by atoms with E-state index < -0.39 is 63.5 Å². The summed E-state index contributed by atoms with van der Waals surface area (Å²) in [4.78, 5) is 67.4. The zero-order chi connectivity index (χ0) is 38.1. The van der Waals surface area contributed by atoms with Gasteiger partial charge in [0, 0.05) is 0 Å². The number of hydrogen-bond acceptors (Lipinski definition) is 12. The molecule has 0 aliphatic carbocycles. The van der Waals surface area contributed by atoms with Crippen molar-refractivity contribution in [3.8, 4) is 12.3 Å². The van der Waals surface area contributed by atoms with Crippen molar-refractivity contribution >= 4 is 63.7 Å². The van der Waals surface area contributed by atoms with E-state index in [-0.39, 0.29) is 28.1 Å². The predicted molar refractivity (Wildman–Crippen MR) is 192 cm³/mol. The lowest BCUT2D eigenvalue weighted by Gasteiger charge is -2.33. The van der Waals surface area contributed by atoms with Gasteiger partial charge in [0.05, 0.1) is 21.9 Å². The van der Waals surface area contributed by atoms with Gasteiger partial charge in [-0.25, -0.2) is 38.5 Å². The summed E-state index contributed by atoms with van der Waals surface area (Å²) in [6.07, 6.45) is 2.16. The normalized spacial score (nSPS) is 21.5. The van der Waals surface area contributed by atoms with Gasteiger partial charge in [0.1, 0.15) is 17.5 Å². The summed E-state index contributed by atoms with van der Waals surface area (Å²) < 4.78 is 46.5. The minimum atomic E-state index is -2.84. The second-order valence-corrected chi connectivity index (χ2v) is 14.3. The SMILES string of the molecule is C#C[C@]1(OC(=O)c2ccccc2)[C@H](n2cnc3c(N(C(=O)OC(C)(C)C)C(=O)OC(C)(C)C)ncnc32)O[C@](F)(CI)[C@H]1OC(=O)c1ccccc1. The van der Waals surface area contributed by atoms with E-state index in [0.717, 1.165) is 17.2 Å². The maximum atomic E-state index is 17.1. The topological polar surface area (TPSA) is 161 Å². The third kappa shape index (κ3) is 7.70. The molecule has 2 aromatic heterocycles. The highest BCUT2D eigenvalue weighted by molar-refractivity contribution is 14.1. The molecule has 1 saturated heterocycles. The van der Waals surface area contributed by atoms with Crippen LogP contribution in [0.5, 0.6) is 0 Å². The molecule has 16 heteroatoms. The highest BCUT2D eigenvalue weighted by Crippen LogP contribution is 2.51. The zero-order valence-corrected chi connectivity index (χ0v) is 31.2. The number of hydrogen-bond donors (Lipinski definition) is 0. The van der Waals surface area contributed by atoms with Crippen molar-refractivity contribution in [3.05, 3.63) is 84.4 Å². The number of anilines is 1. The summed E-state index contributed by atoms with van der Waals surface area (Å²) in [5.74, 6) is -2.79. The van der Waals surface area contributed by atoms with Gasteiger partial charge in [-0.2, -0.15) is 4.90 Å². The first-order valence-corrected chi connectivity index (χ1v) is 17.3. The molecule has 52 heavy (non-hydrogen) atoms. The highest BCUT2D eigenvalue weighted by atomic mass is 127. The third-order valence-electron chi connectivity index (χ3n) is 7.32. The molecule has 2 amide bonds. The van der Waals surface area contributed by atoms with Crippen LogP contribution in [0.4, 0.5) is 19.8 Å². The molecule has 0 N–H and O–H groups in total. The van der Waals surface area contributed by atoms with E-state index in [1.807, 2.05) is 0 Å². The summed E-state index contributed by atoms with van der Waals surface area (Å²) in [5, 5.41) is 0. The Balaban J connectivity index is 1.68. The Kier molecular flexibility index (Phi) is 10.6. The van der Waals surface area contributed by atoms with Gasteiger partial charge in [-0.1, -0.05) is 59.0 Å².